The Bertz CT molecular complexity index is 1190. The molecule has 4 nitrogen and oxygen atoms in total. The molecule has 0 aliphatic heterocycles. The van der Waals surface area contributed by atoms with Crippen molar-refractivity contribution >= 4 is 34.5 Å². The number of carbonyl (C=O) groups excluding carboxylic acids is 2. The van der Waals surface area contributed by atoms with Crippen LogP contribution in [0.15, 0.2) is 103 Å². The predicted molar refractivity (Wildman–Crippen MR) is 126 cm³/mol. The molecule has 0 aliphatic rings. The number of halogens is 1. The number of carbonyl (C=O) groups is 2. The van der Waals surface area contributed by atoms with E-state index in [-0.39, 0.29) is 11.6 Å². The first-order valence-electron chi connectivity index (χ1n) is 9.56. The molecule has 5 heteroatoms. The standard InChI is InChI=1S/C13H10ClNO.C13H11NO/c14-10-6-7-12(15)11(8-10)13(16)9-4-2-1-3-5-9;14-12-9-5-4-8-11(12)13(15)10-6-2-1-3-7-10/h1-8H,15H2;1-9H,14H2. The van der Waals surface area contributed by atoms with Crippen LogP contribution in [0.5, 0.6) is 0 Å². The van der Waals surface area contributed by atoms with E-state index in [0.717, 1.165) is 0 Å². The summed E-state index contributed by atoms with van der Waals surface area (Å²) in [6.45, 7) is 0. The second-order valence-corrected chi connectivity index (χ2v) is 7.15. The second-order valence-electron chi connectivity index (χ2n) is 6.71. The van der Waals surface area contributed by atoms with Crippen LogP contribution in [-0.4, -0.2) is 11.6 Å². The number of nitrogens with two attached hydrogens (primary N) is 2. The fourth-order valence-corrected chi connectivity index (χ4v) is 3.09. The molecule has 0 unspecified atom stereocenters. The molecular formula is C26H21ClN2O2. The van der Waals surface area contributed by atoms with Crippen LogP contribution in [0.25, 0.3) is 0 Å². The van der Waals surface area contributed by atoms with Crippen LogP contribution < -0.4 is 11.5 Å². The molecule has 0 radical (unpaired) electrons. The Hall–Kier alpha value is -3.89. The number of benzene rings is 4. The number of para-hydroxylation sites is 1. The van der Waals surface area contributed by atoms with Crippen LogP contribution in [0.1, 0.15) is 31.8 Å². The van der Waals surface area contributed by atoms with E-state index in [9.17, 15) is 9.59 Å². The molecule has 0 atom stereocenters. The fourth-order valence-electron chi connectivity index (χ4n) is 2.92. The van der Waals surface area contributed by atoms with Gasteiger partial charge in [-0.25, -0.2) is 0 Å². The van der Waals surface area contributed by atoms with Crippen LogP contribution in [0.2, 0.25) is 5.02 Å². The summed E-state index contributed by atoms with van der Waals surface area (Å²) >= 11 is 5.84. The van der Waals surface area contributed by atoms with Crippen molar-refractivity contribution in [3.63, 3.8) is 0 Å². The molecule has 4 aromatic rings. The van der Waals surface area contributed by atoms with E-state index in [0.29, 0.717) is 38.7 Å². The summed E-state index contributed by atoms with van der Waals surface area (Å²) in [6.07, 6.45) is 0. The van der Waals surface area contributed by atoms with Gasteiger partial charge in [-0.15, -0.1) is 0 Å². The van der Waals surface area contributed by atoms with Crippen molar-refractivity contribution in [3.8, 4) is 0 Å². The summed E-state index contributed by atoms with van der Waals surface area (Å²) in [7, 11) is 0. The highest BCUT2D eigenvalue weighted by Crippen LogP contribution is 2.21. The average Bonchev–Trinajstić information content (AvgIpc) is 2.81. The van der Waals surface area contributed by atoms with Crippen LogP contribution >= 0.6 is 11.6 Å². The van der Waals surface area contributed by atoms with E-state index >= 15 is 0 Å². The first kappa shape index (κ1) is 21.8. The molecule has 0 heterocycles. The van der Waals surface area contributed by atoms with Crippen molar-refractivity contribution in [1.82, 2.24) is 0 Å². The number of hydrogen-bond acceptors (Lipinski definition) is 4. The Kier molecular flexibility index (Phi) is 7.20. The van der Waals surface area contributed by atoms with Crippen molar-refractivity contribution < 1.29 is 9.59 Å². The number of rotatable bonds is 4. The van der Waals surface area contributed by atoms with Gasteiger partial charge in [0, 0.05) is 38.7 Å². The van der Waals surface area contributed by atoms with Crippen molar-refractivity contribution in [3.05, 3.63) is 130 Å². The third-order valence-electron chi connectivity index (χ3n) is 4.54. The summed E-state index contributed by atoms with van der Waals surface area (Å²) in [4.78, 5) is 24.1. The summed E-state index contributed by atoms with van der Waals surface area (Å²) in [5.41, 5.74) is 14.7. The molecule has 4 N–H and O–H groups in total. The Morgan fingerprint density at radius 1 is 0.548 bits per heavy atom. The number of ketones is 2. The summed E-state index contributed by atoms with van der Waals surface area (Å²) in [5, 5.41) is 0.508. The van der Waals surface area contributed by atoms with Crippen molar-refractivity contribution in [2.75, 3.05) is 11.5 Å². The lowest BCUT2D eigenvalue weighted by molar-refractivity contribution is 0.103. The van der Waals surface area contributed by atoms with Gasteiger partial charge in [0.1, 0.15) is 0 Å². The van der Waals surface area contributed by atoms with Gasteiger partial charge in [-0.1, -0.05) is 84.4 Å². The van der Waals surface area contributed by atoms with Crippen molar-refractivity contribution in [1.29, 1.82) is 0 Å². The Morgan fingerprint density at radius 3 is 1.55 bits per heavy atom. The van der Waals surface area contributed by atoms with Crippen molar-refractivity contribution in [2.45, 2.75) is 0 Å². The highest BCUT2D eigenvalue weighted by molar-refractivity contribution is 6.31. The van der Waals surface area contributed by atoms with Gasteiger partial charge in [0.05, 0.1) is 0 Å². The van der Waals surface area contributed by atoms with Gasteiger partial charge in [0.25, 0.3) is 0 Å². The zero-order valence-corrected chi connectivity index (χ0v) is 17.4. The zero-order chi connectivity index (χ0) is 22.2. The Morgan fingerprint density at radius 2 is 1.00 bits per heavy atom. The summed E-state index contributed by atoms with van der Waals surface area (Å²) in [6, 6.07) is 30.1. The van der Waals surface area contributed by atoms with Gasteiger partial charge in [0.15, 0.2) is 11.6 Å². The molecule has 0 amide bonds. The quantitative estimate of drug-likeness (QED) is 0.324. The number of nitrogen functional groups attached to an aromatic ring is 2. The van der Waals surface area contributed by atoms with Crippen molar-refractivity contribution in [2.24, 2.45) is 0 Å². The zero-order valence-electron chi connectivity index (χ0n) is 16.7. The minimum absolute atomic E-state index is 0.0336. The number of hydrogen-bond donors (Lipinski definition) is 2. The highest BCUT2D eigenvalue weighted by atomic mass is 35.5. The Balaban J connectivity index is 0.000000176. The lowest BCUT2D eigenvalue weighted by Crippen LogP contribution is -2.04. The van der Waals surface area contributed by atoms with E-state index in [1.165, 1.54) is 0 Å². The van der Waals surface area contributed by atoms with Gasteiger partial charge in [-0.05, 0) is 30.3 Å². The fraction of sp³-hybridized carbons (Fsp3) is 0. The minimum Gasteiger partial charge on any atom is -0.398 e. The summed E-state index contributed by atoms with van der Waals surface area (Å²) in [5.74, 6) is -0.144. The topological polar surface area (TPSA) is 86.2 Å². The van der Waals surface area contributed by atoms with E-state index in [4.69, 9.17) is 23.1 Å². The molecule has 0 bridgehead atoms. The maximum Gasteiger partial charge on any atom is 0.195 e. The van der Waals surface area contributed by atoms with Gasteiger partial charge in [0.2, 0.25) is 0 Å². The first-order chi connectivity index (χ1) is 15.0. The normalized spacial score (nSPS) is 9.97. The second kappa shape index (κ2) is 10.2. The maximum atomic E-state index is 12.1. The van der Waals surface area contributed by atoms with E-state index in [1.807, 2.05) is 48.5 Å². The highest BCUT2D eigenvalue weighted by Gasteiger charge is 2.12. The van der Waals surface area contributed by atoms with Crippen LogP contribution in [0, 0.1) is 0 Å². The maximum absolute atomic E-state index is 12.1. The van der Waals surface area contributed by atoms with E-state index in [1.54, 1.807) is 54.6 Å². The largest absolute Gasteiger partial charge is 0.398 e. The SMILES string of the molecule is Nc1ccc(Cl)cc1C(=O)c1ccccc1.Nc1ccccc1C(=O)c1ccccc1. The molecule has 0 saturated carbocycles. The molecule has 0 spiro atoms. The van der Waals surface area contributed by atoms with Gasteiger partial charge in [-0.2, -0.15) is 0 Å². The Labute approximate surface area is 186 Å². The lowest BCUT2D eigenvalue weighted by atomic mass is 10.0. The first-order valence-corrected chi connectivity index (χ1v) is 9.94. The predicted octanol–water partition coefficient (Wildman–Crippen LogP) is 5.65. The average molecular weight is 429 g/mol. The molecular weight excluding hydrogens is 408 g/mol. The lowest BCUT2D eigenvalue weighted by Gasteiger charge is -2.05. The molecule has 154 valence electrons. The van der Waals surface area contributed by atoms with Crippen LogP contribution in [-0.2, 0) is 0 Å². The van der Waals surface area contributed by atoms with Gasteiger partial charge in [-0.3, -0.25) is 9.59 Å². The molecule has 0 aromatic heterocycles. The molecule has 0 saturated heterocycles. The van der Waals surface area contributed by atoms with Gasteiger partial charge < -0.3 is 11.5 Å². The van der Waals surface area contributed by atoms with Crippen LogP contribution in [0.3, 0.4) is 0 Å². The molecule has 4 rings (SSSR count). The third kappa shape index (κ3) is 5.59. The minimum atomic E-state index is -0.111. The third-order valence-corrected chi connectivity index (χ3v) is 4.77. The van der Waals surface area contributed by atoms with E-state index in [2.05, 4.69) is 0 Å². The molecule has 31 heavy (non-hydrogen) atoms. The van der Waals surface area contributed by atoms with E-state index < -0.39 is 0 Å². The van der Waals surface area contributed by atoms with Gasteiger partial charge >= 0.3 is 0 Å². The smallest absolute Gasteiger partial charge is 0.195 e. The number of anilines is 2. The molecule has 0 aliphatic carbocycles. The molecule has 0 fully saturated rings. The molecule has 4 aromatic carbocycles. The monoisotopic (exact) mass is 428 g/mol. The van der Waals surface area contributed by atoms with Crippen LogP contribution in [0.4, 0.5) is 11.4 Å². The summed E-state index contributed by atoms with van der Waals surface area (Å²) < 4.78 is 0.